The Kier molecular flexibility index (Phi) is 12.8. The molecule has 0 aromatic heterocycles. The van der Waals surface area contributed by atoms with E-state index in [1.807, 2.05) is 14.1 Å². The second kappa shape index (κ2) is 14.4. The molecule has 0 aromatic rings. The lowest BCUT2D eigenvalue weighted by molar-refractivity contribution is -0.890. The number of nitrogens with one attached hydrogen (secondary N) is 1. The largest absolute Gasteiger partial charge is 0.748 e. The van der Waals surface area contributed by atoms with Gasteiger partial charge in [-0.2, -0.15) is 0 Å². The Labute approximate surface area is 250 Å². The van der Waals surface area contributed by atoms with Gasteiger partial charge >= 0.3 is 0 Å². The predicted molar refractivity (Wildman–Crippen MR) is 164 cm³/mol. The summed E-state index contributed by atoms with van der Waals surface area (Å²) < 4.78 is 33.2. The predicted octanol–water partition coefficient (Wildman–Crippen LogP) is 4.32. The first-order chi connectivity index (χ1) is 18.3. The van der Waals surface area contributed by atoms with Crippen LogP contribution in [0.4, 0.5) is 0 Å². The van der Waals surface area contributed by atoms with Crippen LogP contribution < -0.4 is 5.32 Å². The molecule has 4 aliphatic rings. The molecule has 0 heterocycles. The molecule has 242 valence electrons. The lowest BCUT2D eigenvalue weighted by Crippen LogP contribution is -2.53. The first-order valence-corrected chi connectivity index (χ1v) is 17.9. The molecule has 8 unspecified atom stereocenters. The first-order valence-electron chi connectivity index (χ1n) is 16.3. The third-order valence-electron chi connectivity index (χ3n) is 12.6. The van der Waals surface area contributed by atoms with Crippen LogP contribution in [0.5, 0.6) is 0 Å². The Morgan fingerprint density at radius 1 is 0.927 bits per heavy atom. The lowest BCUT2D eigenvalue weighted by Gasteiger charge is -2.61. The molecule has 0 saturated heterocycles. The summed E-state index contributed by atoms with van der Waals surface area (Å²) in [5.41, 5.74) is 1.07. The van der Waals surface area contributed by atoms with Crippen LogP contribution in [0.15, 0.2) is 0 Å². The van der Waals surface area contributed by atoms with Gasteiger partial charge in [-0.05, 0) is 104 Å². The van der Waals surface area contributed by atoms with Crippen molar-refractivity contribution in [1.29, 1.82) is 0 Å². The van der Waals surface area contributed by atoms with Crippen molar-refractivity contribution in [3.8, 4) is 0 Å². The second-order valence-corrected chi connectivity index (χ2v) is 16.9. The highest BCUT2D eigenvalue weighted by molar-refractivity contribution is 7.85. The Morgan fingerprint density at radius 2 is 1.61 bits per heavy atom. The van der Waals surface area contributed by atoms with Crippen molar-refractivity contribution in [2.24, 2.45) is 46.3 Å². The number of hydrogen-bond donors (Lipinski definition) is 1. The Morgan fingerprint density at radius 3 is 2.32 bits per heavy atom. The number of fused-ring (bicyclic) bond motifs is 5. The van der Waals surface area contributed by atoms with Crippen molar-refractivity contribution >= 4 is 16.0 Å². The molecule has 4 saturated carbocycles. The highest BCUT2D eigenvalue weighted by Crippen LogP contribution is 2.68. The molecule has 0 aliphatic heterocycles. The molecule has 1 amide bonds. The molecule has 0 spiro atoms. The van der Waals surface area contributed by atoms with Crippen molar-refractivity contribution in [1.82, 2.24) is 5.32 Å². The first kappa shape index (κ1) is 36.5. The maximum atomic E-state index is 12.7. The summed E-state index contributed by atoms with van der Waals surface area (Å²) in [6.07, 6.45) is 17.2. The standard InChI is InChI=1S/C32H58N2O4S.2H2O/c1-24(11-16-30(35)33-20-8-21-34(4,5)22-9-23-39(36,37)38)27-14-15-28-26-13-12-25-10-6-7-18-31(25,2)29(26)17-19-32(27,28)3;;/h24-29H,6-23H2,1-5H3,(H-,33,35,36,37,38);2*1H2. The molecule has 4 rings (SSSR count). The zero-order valence-corrected chi connectivity index (χ0v) is 27.5. The summed E-state index contributed by atoms with van der Waals surface area (Å²) in [5, 5.41) is 3.12. The van der Waals surface area contributed by atoms with Crippen molar-refractivity contribution in [2.75, 3.05) is 39.5 Å². The Balaban J connectivity index is 0.00000294. The highest BCUT2D eigenvalue weighted by atomic mass is 32.2. The molecule has 4 fully saturated rings. The number of rotatable bonds is 12. The molecule has 41 heavy (non-hydrogen) atoms. The fourth-order valence-electron chi connectivity index (χ4n) is 10.4. The summed E-state index contributed by atoms with van der Waals surface area (Å²) >= 11 is 0. The summed E-state index contributed by atoms with van der Waals surface area (Å²) in [7, 11) is -0.0494. The normalized spacial score (nSPS) is 35.6. The van der Waals surface area contributed by atoms with Crippen LogP contribution in [0.2, 0.25) is 0 Å². The molecular weight excluding hydrogens is 540 g/mol. The van der Waals surface area contributed by atoms with Gasteiger partial charge in [0.2, 0.25) is 5.91 Å². The van der Waals surface area contributed by atoms with Crippen molar-refractivity contribution in [3.63, 3.8) is 0 Å². The number of hydrogen-bond acceptors (Lipinski definition) is 4. The van der Waals surface area contributed by atoms with Gasteiger partial charge in [0.15, 0.2) is 0 Å². The highest BCUT2D eigenvalue weighted by Gasteiger charge is 2.60. The van der Waals surface area contributed by atoms with Crippen LogP contribution in [-0.4, -0.2) is 73.8 Å². The van der Waals surface area contributed by atoms with Crippen LogP contribution in [0.1, 0.15) is 111 Å². The number of nitrogens with zero attached hydrogens (tertiary/aromatic N) is 1. The molecular formula is C32H62N2O6S. The van der Waals surface area contributed by atoms with E-state index in [0.29, 0.717) is 47.2 Å². The van der Waals surface area contributed by atoms with Gasteiger partial charge in [-0.25, -0.2) is 8.42 Å². The maximum Gasteiger partial charge on any atom is 0.220 e. The van der Waals surface area contributed by atoms with Crippen LogP contribution in [-0.2, 0) is 14.9 Å². The third-order valence-corrected chi connectivity index (χ3v) is 13.4. The number of carbonyl (C=O) groups is 1. The minimum Gasteiger partial charge on any atom is -0.748 e. The van der Waals surface area contributed by atoms with Gasteiger partial charge in [-0.15, -0.1) is 0 Å². The van der Waals surface area contributed by atoms with E-state index in [0.717, 1.165) is 49.0 Å². The summed E-state index contributed by atoms with van der Waals surface area (Å²) in [6.45, 7) is 9.87. The van der Waals surface area contributed by atoms with E-state index >= 15 is 0 Å². The summed E-state index contributed by atoms with van der Waals surface area (Å²) in [5.74, 6) is 4.99. The molecule has 0 bridgehead atoms. The van der Waals surface area contributed by atoms with Gasteiger partial charge in [-0.3, -0.25) is 4.79 Å². The van der Waals surface area contributed by atoms with E-state index in [1.54, 1.807) is 0 Å². The second-order valence-electron chi connectivity index (χ2n) is 15.3. The number of amides is 1. The SMILES string of the molecule is CC(CCC(=O)NCCC[N+](C)(C)CCCS(=O)(=O)[O-])C1CCC2C3CCC4CCCCC4(C)C3CCC12C.O.O. The number of carbonyl (C=O) groups excluding carboxylic acids is 1. The van der Waals surface area contributed by atoms with Crippen LogP contribution >= 0.6 is 0 Å². The fraction of sp³-hybridized carbons (Fsp3) is 0.969. The molecule has 9 heteroatoms. The van der Waals surface area contributed by atoms with E-state index in [2.05, 4.69) is 26.1 Å². The number of quaternary nitrogens is 1. The van der Waals surface area contributed by atoms with Crippen LogP contribution in [0.25, 0.3) is 0 Å². The van der Waals surface area contributed by atoms with Crippen LogP contribution in [0, 0.1) is 46.3 Å². The van der Waals surface area contributed by atoms with Gasteiger partial charge in [0.25, 0.3) is 0 Å². The average Bonchev–Trinajstić information content (AvgIpc) is 3.21. The molecule has 8 atom stereocenters. The topological polar surface area (TPSA) is 149 Å². The smallest absolute Gasteiger partial charge is 0.220 e. The zero-order chi connectivity index (χ0) is 28.5. The average molecular weight is 603 g/mol. The summed E-state index contributed by atoms with van der Waals surface area (Å²) in [6, 6.07) is 0. The van der Waals surface area contributed by atoms with E-state index in [1.165, 1.54) is 64.2 Å². The molecule has 0 aromatic carbocycles. The van der Waals surface area contributed by atoms with Gasteiger partial charge in [-0.1, -0.05) is 33.6 Å². The quantitative estimate of drug-likeness (QED) is 0.201. The molecule has 4 aliphatic carbocycles. The van der Waals surface area contributed by atoms with Gasteiger partial charge < -0.3 is 25.3 Å². The van der Waals surface area contributed by atoms with Crippen molar-refractivity contribution < 1.29 is 33.2 Å². The Hall–Kier alpha value is -0.740. The van der Waals surface area contributed by atoms with E-state index in [-0.39, 0.29) is 22.6 Å². The van der Waals surface area contributed by atoms with Gasteiger partial charge in [0.05, 0.1) is 37.3 Å². The summed E-state index contributed by atoms with van der Waals surface area (Å²) in [4.78, 5) is 12.7. The van der Waals surface area contributed by atoms with E-state index < -0.39 is 10.1 Å². The van der Waals surface area contributed by atoms with Gasteiger partial charge in [0.1, 0.15) is 0 Å². The monoisotopic (exact) mass is 602 g/mol. The maximum absolute atomic E-state index is 12.7. The third kappa shape index (κ3) is 8.46. The molecule has 8 nitrogen and oxygen atoms in total. The van der Waals surface area contributed by atoms with Crippen LogP contribution in [0.3, 0.4) is 0 Å². The minimum absolute atomic E-state index is 0. The zero-order valence-electron chi connectivity index (χ0n) is 26.7. The minimum atomic E-state index is -4.14. The molecule has 5 N–H and O–H groups in total. The molecule has 0 radical (unpaired) electrons. The van der Waals surface area contributed by atoms with E-state index in [9.17, 15) is 17.8 Å². The lowest BCUT2D eigenvalue weighted by atomic mass is 9.44. The van der Waals surface area contributed by atoms with Gasteiger partial charge in [0, 0.05) is 31.6 Å². The fourth-order valence-corrected chi connectivity index (χ4v) is 10.9. The van der Waals surface area contributed by atoms with E-state index in [4.69, 9.17) is 0 Å². The van der Waals surface area contributed by atoms with Crippen molar-refractivity contribution in [2.45, 2.75) is 111 Å². The Bertz CT molecular complexity index is 958. The van der Waals surface area contributed by atoms with Crippen molar-refractivity contribution in [3.05, 3.63) is 0 Å².